The molecule has 2 aromatic rings. The van der Waals surface area contributed by atoms with Crippen LogP contribution in [0.15, 0.2) is 58.1 Å². The highest BCUT2D eigenvalue weighted by atomic mass is 79.9. The van der Waals surface area contributed by atoms with Gasteiger partial charge in [-0.15, -0.1) is 0 Å². The Morgan fingerprint density at radius 1 is 1.29 bits per heavy atom. The number of nitrogens with zero attached hydrogens (tertiary/aromatic N) is 1. The number of primary amides is 1. The highest BCUT2D eigenvalue weighted by Crippen LogP contribution is 2.16. The lowest BCUT2D eigenvalue weighted by atomic mass is 10.2. The molecule has 0 aromatic heterocycles. The Morgan fingerprint density at radius 2 is 2.05 bits per heavy atom. The van der Waals surface area contributed by atoms with Crippen molar-refractivity contribution in [2.75, 3.05) is 0 Å². The summed E-state index contributed by atoms with van der Waals surface area (Å²) in [5.41, 5.74) is 8.94. The summed E-state index contributed by atoms with van der Waals surface area (Å²) < 4.78 is 6.74. The highest BCUT2D eigenvalue weighted by Gasteiger charge is 1.98. The minimum atomic E-state index is -0.700. The van der Waals surface area contributed by atoms with E-state index in [0.29, 0.717) is 6.61 Å². The maximum atomic E-state index is 10.5. The summed E-state index contributed by atoms with van der Waals surface area (Å²) in [4.78, 5) is 10.5. The fourth-order valence-corrected chi connectivity index (χ4v) is 1.87. The number of hydrogen-bond acceptors (Lipinski definition) is 3. The van der Waals surface area contributed by atoms with E-state index in [0.717, 1.165) is 21.3 Å². The van der Waals surface area contributed by atoms with Crippen LogP contribution < -0.4 is 15.9 Å². The van der Waals surface area contributed by atoms with Crippen molar-refractivity contribution in [1.82, 2.24) is 5.43 Å². The number of urea groups is 1. The van der Waals surface area contributed by atoms with Crippen LogP contribution >= 0.6 is 15.9 Å². The zero-order valence-corrected chi connectivity index (χ0v) is 12.7. The van der Waals surface area contributed by atoms with Gasteiger partial charge in [0, 0.05) is 4.47 Å². The van der Waals surface area contributed by atoms with Gasteiger partial charge in [0.25, 0.3) is 0 Å². The Kier molecular flexibility index (Phi) is 5.34. The average Bonchev–Trinajstić information content (AvgIpc) is 2.47. The molecule has 6 heteroatoms. The lowest BCUT2D eigenvalue weighted by molar-refractivity contribution is 0.249. The lowest BCUT2D eigenvalue weighted by Crippen LogP contribution is -2.24. The fourth-order valence-electron chi connectivity index (χ4n) is 1.60. The summed E-state index contributed by atoms with van der Waals surface area (Å²) in [6, 6.07) is 14.6. The number of nitrogens with two attached hydrogens (primary N) is 1. The van der Waals surface area contributed by atoms with Crippen LogP contribution in [-0.4, -0.2) is 12.2 Å². The maximum Gasteiger partial charge on any atom is 0.332 e. The normalized spacial score (nSPS) is 10.5. The largest absolute Gasteiger partial charge is 0.489 e. The van der Waals surface area contributed by atoms with Gasteiger partial charge in [-0.25, -0.2) is 10.2 Å². The average molecular weight is 348 g/mol. The molecule has 2 rings (SSSR count). The molecule has 0 bridgehead atoms. The van der Waals surface area contributed by atoms with E-state index in [1.807, 2.05) is 48.5 Å². The van der Waals surface area contributed by atoms with Gasteiger partial charge in [-0.05, 0) is 35.4 Å². The number of hydrazone groups is 1. The molecule has 0 aliphatic heterocycles. The maximum absolute atomic E-state index is 10.5. The van der Waals surface area contributed by atoms with Crippen molar-refractivity contribution in [3.63, 3.8) is 0 Å². The molecule has 0 atom stereocenters. The number of rotatable bonds is 5. The Morgan fingerprint density at radius 3 is 2.76 bits per heavy atom. The summed E-state index contributed by atoms with van der Waals surface area (Å²) in [5, 5.41) is 3.70. The smallest absolute Gasteiger partial charge is 0.332 e. The standard InChI is InChI=1S/C15H14BrN3O2/c16-13-6-4-11(5-7-13)10-21-14-3-1-2-12(8-14)9-18-19-15(17)20/h1-9H,10H2,(H3,17,19,20). The van der Waals surface area contributed by atoms with Crippen molar-refractivity contribution in [1.29, 1.82) is 0 Å². The molecular weight excluding hydrogens is 334 g/mol. The minimum absolute atomic E-state index is 0.480. The van der Waals surface area contributed by atoms with Gasteiger partial charge in [0.15, 0.2) is 0 Å². The molecule has 3 N–H and O–H groups in total. The quantitative estimate of drug-likeness (QED) is 0.644. The van der Waals surface area contributed by atoms with E-state index in [4.69, 9.17) is 10.5 Å². The molecule has 0 aliphatic rings. The zero-order chi connectivity index (χ0) is 15.1. The topological polar surface area (TPSA) is 76.7 Å². The van der Waals surface area contributed by atoms with Gasteiger partial charge in [-0.2, -0.15) is 5.10 Å². The van der Waals surface area contributed by atoms with Crippen LogP contribution in [0.2, 0.25) is 0 Å². The van der Waals surface area contributed by atoms with Crippen LogP contribution in [0.3, 0.4) is 0 Å². The Bertz CT molecular complexity index is 642. The van der Waals surface area contributed by atoms with E-state index in [-0.39, 0.29) is 0 Å². The van der Waals surface area contributed by atoms with Crippen molar-refractivity contribution in [3.8, 4) is 5.75 Å². The molecule has 0 fully saturated rings. The molecular formula is C15H14BrN3O2. The molecule has 2 amide bonds. The zero-order valence-electron chi connectivity index (χ0n) is 11.1. The van der Waals surface area contributed by atoms with Crippen LogP contribution in [0.5, 0.6) is 5.75 Å². The number of halogens is 1. The molecule has 108 valence electrons. The number of amides is 2. The first-order chi connectivity index (χ1) is 10.1. The predicted molar refractivity (Wildman–Crippen MR) is 85.2 cm³/mol. The van der Waals surface area contributed by atoms with Crippen molar-refractivity contribution in [2.24, 2.45) is 10.8 Å². The van der Waals surface area contributed by atoms with Gasteiger partial charge in [0.2, 0.25) is 0 Å². The van der Waals surface area contributed by atoms with E-state index in [2.05, 4.69) is 26.5 Å². The summed E-state index contributed by atoms with van der Waals surface area (Å²) in [5.74, 6) is 0.723. The monoisotopic (exact) mass is 347 g/mol. The number of carbonyl (C=O) groups is 1. The minimum Gasteiger partial charge on any atom is -0.489 e. The third-order valence-electron chi connectivity index (χ3n) is 2.57. The van der Waals surface area contributed by atoms with Crippen LogP contribution in [0.25, 0.3) is 0 Å². The Balaban J connectivity index is 1.96. The molecule has 5 nitrogen and oxygen atoms in total. The Hall–Kier alpha value is -2.34. The third kappa shape index (κ3) is 5.27. The van der Waals surface area contributed by atoms with E-state index >= 15 is 0 Å². The van der Waals surface area contributed by atoms with Crippen LogP contribution in [0, 0.1) is 0 Å². The second kappa shape index (κ2) is 7.44. The summed E-state index contributed by atoms with van der Waals surface area (Å²) in [6.07, 6.45) is 1.50. The summed E-state index contributed by atoms with van der Waals surface area (Å²) in [7, 11) is 0. The number of carbonyl (C=O) groups excluding carboxylic acids is 1. The van der Waals surface area contributed by atoms with Gasteiger partial charge in [-0.1, -0.05) is 40.2 Å². The second-order valence-electron chi connectivity index (χ2n) is 4.22. The van der Waals surface area contributed by atoms with E-state index in [1.165, 1.54) is 6.21 Å². The molecule has 21 heavy (non-hydrogen) atoms. The number of nitrogens with one attached hydrogen (secondary N) is 1. The number of benzene rings is 2. The van der Waals surface area contributed by atoms with Crippen molar-refractivity contribution < 1.29 is 9.53 Å². The molecule has 0 saturated heterocycles. The van der Waals surface area contributed by atoms with Crippen LogP contribution in [0.4, 0.5) is 4.79 Å². The molecule has 0 saturated carbocycles. The van der Waals surface area contributed by atoms with Crippen molar-refractivity contribution in [2.45, 2.75) is 6.61 Å². The van der Waals surface area contributed by atoms with Crippen LogP contribution in [0.1, 0.15) is 11.1 Å². The van der Waals surface area contributed by atoms with Gasteiger partial charge in [0.05, 0.1) is 6.21 Å². The molecule has 0 heterocycles. The van der Waals surface area contributed by atoms with Gasteiger partial charge in [-0.3, -0.25) is 0 Å². The number of ether oxygens (including phenoxy) is 1. The second-order valence-corrected chi connectivity index (χ2v) is 5.14. The predicted octanol–water partition coefficient (Wildman–Crippen LogP) is 3.03. The van der Waals surface area contributed by atoms with Gasteiger partial charge < -0.3 is 10.5 Å². The third-order valence-corrected chi connectivity index (χ3v) is 3.09. The molecule has 2 aromatic carbocycles. The SMILES string of the molecule is NC(=O)NN=Cc1cccc(OCc2ccc(Br)cc2)c1. The van der Waals surface area contributed by atoms with Gasteiger partial charge >= 0.3 is 6.03 Å². The molecule has 0 radical (unpaired) electrons. The summed E-state index contributed by atoms with van der Waals surface area (Å²) >= 11 is 3.39. The van der Waals surface area contributed by atoms with E-state index in [1.54, 1.807) is 0 Å². The lowest BCUT2D eigenvalue weighted by Gasteiger charge is -2.07. The first-order valence-electron chi connectivity index (χ1n) is 6.19. The van der Waals surface area contributed by atoms with E-state index in [9.17, 15) is 4.79 Å². The molecule has 0 unspecified atom stereocenters. The van der Waals surface area contributed by atoms with Crippen molar-refractivity contribution in [3.05, 3.63) is 64.1 Å². The summed E-state index contributed by atoms with van der Waals surface area (Å²) in [6.45, 7) is 0.480. The molecule has 0 aliphatic carbocycles. The van der Waals surface area contributed by atoms with E-state index < -0.39 is 6.03 Å². The van der Waals surface area contributed by atoms with Gasteiger partial charge in [0.1, 0.15) is 12.4 Å². The van der Waals surface area contributed by atoms with Crippen LogP contribution in [-0.2, 0) is 6.61 Å². The highest BCUT2D eigenvalue weighted by molar-refractivity contribution is 9.10. The first-order valence-corrected chi connectivity index (χ1v) is 6.98. The first kappa shape index (κ1) is 15.1. The van der Waals surface area contributed by atoms with Crippen molar-refractivity contribution >= 4 is 28.2 Å². The number of hydrogen-bond donors (Lipinski definition) is 2. The fraction of sp³-hybridized carbons (Fsp3) is 0.0667. The molecule has 0 spiro atoms. The Labute approximate surface area is 130 Å².